The van der Waals surface area contributed by atoms with E-state index in [1.54, 1.807) is 11.8 Å². The molecule has 0 saturated heterocycles. The molecule has 5 heteroatoms. The van der Waals surface area contributed by atoms with Crippen molar-refractivity contribution < 1.29 is 4.74 Å². The van der Waals surface area contributed by atoms with Crippen LogP contribution in [0.5, 0.6) is 11.5 Å². The van der Waals surface area contributed by atoms with Crippen molar-refractivity contribution in [3.05, 3.63) is 52.5 Å². The highest BCUT2D eigenvalue weighted by Gasteiger charge is 2.13. The van der Waals surface area contributed by atoms with E-state index in [0.29, 0.717) is 17.1 Å². The maximum Gasteiger partial charge on any atom is 0.141 e. The van der Waals surface area contributed by atoms with Crippen molar-refractivity contribution in [3.63, 3.8) is 0 Å². The number of nitrogens with two attached hydrogens (primary N) is 1. The Kier molecular flexibility index (Phi) is 4.50. The zero-order chi connectivity index (χ0) is 13.8. The van der Waals surface area contributed by atoms with Gasteiger partial charge in [-0.1, -0.05) is 18.2 Å². The van der Waals surface area contributed by atoms with Crippen molar-refractivity contribution in [1.29, 1.82) is 5.41 Å². The summed E-state index contributed by atoms with van der Waals surface area (Å²) in [5, 5.41) is 7.71. The maximum atomic E-state index is 7.71. The lowest BCUT2D eigenvalue weighted by Crippen LogP contribution is -2.13. The SMILES string of the molecule is CSc1cccc(Oc2ccccc2Br)c1C(=N)N. The second kappa shape index (κ2) is 6.12. The van der Waals surface area contributed by atoms with E-state index in [0.717, 1.165) is 9.37 Å². The molecule has 0 amide bonds. The van der Waals surface area contributed by atoms with Gasteiger partial charge in [0.1, 0.15) is 17.3 Å². The third-order valence-electron chi connectivity index (χ3n) is 2.53. The molecule has 2 aromatic carbocycles. The monoisotopic (exact) mass is 336 g/mol. The second-order valence-corrected chi connectivity index (χ2v) is 5.48. The molecule has 0 atom stereocenters. The van der Waals surface area contributed by atoms with Crippen LogP contribution < -0.4 is 10.5 Å². The first-order valence-electron chi connectivity index (χ1n) is 5.57. The number of hydrogen-bond donors (Lipinski definition) is 2. The van der Waals surface area contributed by atoms with Crippen molar-refractivity contribution in [2.24, 2.45) is 5.73 Å². The summed E-state index contributed by atoms with van der Waals surface area (Å²) in [6.45, 7) is 0. The fraction of sp³-hybridized carbons (Fsp3) is 0.0714. The second-order valence-electron chi connectivity index (χ2n) is 3.78. The summed E-state index contributed by atoms with van der Waals surface area (Å²) in [6, 6.07) is 13.2. The summed E-state index contributed by atoms with van der Waals surface area (Å²) in [7, 11) is 0. The van der Waals surface area contributed by atoms with Gasteiger partial charge in [-0.15, -0.1) is 11.8 Å². The highest BCUT2D eigenvalue weighted by Crippen LogP contribution is 2.34. The van der Waals surface area contributed by atoms with Gasteiger partial charge < -0.3 is 10.5 Å². The number of nitrogen functional groups attached to an aromatic ring is 1. The van der Waals surface area contributed by atoms with Crippen LogP contribution in [-0.2, 0) is 0 Å². The lowest BCUT2D eigenvalue weighted by Gasteiger charge is -2.14. The number of ether oxygens (including phenoxy) is 1. The quantitative estimate of drug-likeness (QED) is 0.498. The molecule has 3 N–H and O–H groups in total. The number of nitrogens with one attached hydrogen (secondary N) is 1. The van der Waals surface area contributed by atoms with Crippen LogP contribution in [0.25, 0.3) is 0 Å². The Morgan fingerprint density at radius 1 is 1.16 bits per heavy atom. The van der Waals surface area contributed by atoms with Crippen LogP contribution in [0.2, 0.25) is 0 Å². The molecule has 2 aromatic rings. The van der Waals surface area contributed by atoms with E-state index >= 15 is 0 Å². The van der Waals surface area contributed by atoms with E-state index < -0.39 is 0 Å². The molecule has 0 aromatic heterocycles. The van der Waals surface area contributed by atoms with Crippen LogP contribution in [0, 0.1) is 5.41 Å². The average Bonchev–Trinajstić information content (AvgIpc) is 2.40. The van der Waals surface area contributed by atoms with Gasteiger partial charge >= 0.3 is 0 Å². The topological polar surface area (TPSA) is 59.1 Å². The number of thioether (sulfide) groups is 1. The predicted molar refractivity (Wildman–Crippen MR) is 83.5 cm³/mol. The first-order chi connectivity index (χ1) is 9.13. The third-order valence-corrected chi connectivity index (χ3v) is 3.97. The molecule has 2 rings (SSSR count). The van der Waals surface area contributed by atoms with Gasteiger partial charge in [-0.05, 0) is 46.5 Å². The molecule has 0 saturated carbocycles. The predicted octanol–water partition coefficient (Wildman–Crippen LogP) is 4.25. The number of halogens is 1. The lowest BCUT2D eigenvalue weighted by molar-refractivity contribution is 0.477. The van der Waals surface area contributed by atoms with Gasteiger partial charge in [-0.2, -0.15) is 0 Å². The third kappa shape index (κ3) is 3.11. The molecular formula is C14H13BrN2OS. The van der Waals surface area contributed by atoms with E-state index in [-0.39, 0.29) is 5.84 Å². The van der Waals surface area contributed by atoms with Crippen LogP contribution in [0.15, 0.2) is 51.8 Å². The Morgan fingerprint density at radius 3 is 2.47 bits per heavy atom. The van der Waals surface area contributed by atoms with Gasteiger partial charge in [0.05, 0.1) is 10.0 Å². The van der Waals surface area contributed by atoms with Crippen LogP contribution >= 0.6 is 27.7 Å². The molecular weight excluding hydrogens is 324 g/mol. The molecule has 0 fully saturated rings. The molecule has 0 unspecified atom stereocenters. The Labute approximate surface area is 124 Å². The van der Waals surface area contributed by atoms with E-state index in [4.69, 9.17) is 15.9 Å². The van der Waals surface area contributed by atoms with Gasteiger partial charge in [-0.25, -0.2) is 0 Å². The minimum Gasteiger partial charge on any atom is -0.455 e. The minimum atomic E-state index is 0.00648. The lowest BCUT2D eigenvalue weighted by atomic mass is 10.2. The van der Waals surface area contributed by atoms with Crippen molar-refractivity contribution in [2.75, 3.05) is 6.26 Å². The van der Waals surface area contributed by atoms with Crippen LogP contribution in [-0.4, -0.2) is 12.1 Å². The van der Waals surface area contributed by atoms with Crippen molar-refractivity contribution >= 4 is 33.5 Å². The van der Waals surface area contributed by atoms with Crippen LogP contribution in [0.3, 0.4) is 0 Å². The van der Waals surface area contributed by atoms with Gasteiger partial charge in [-0.3, -0.25) is 5.41 Å². The number of para-hydroxylation sites is 1. The van der Waals surface area contributed by atoms with Crippen molar-refractivity contribution in [1.82, 2.24) is 0 Å². The van der Waals surface area contributed by atoms with Gasteiger partial charge in [0.25, 0.3) is 0 Å². The largest absolute Gasteiger partial charge is 0.455 e. The van der Waals surface area contributed by atoms with Crippen LogP contribution in [0.1, 0.15) is 5.56 Å². The summed E-state index contributed by atoms with van der Waals surface area (Å²) < 4.78 is 6.72. The molecule has 19 heavy (non-hydrogen) atoms. The smallest absolute Gasteiger partial charge is 0.141 e. The van der Waals surface area contributed by atoms with E-state index in [2.05, 4.69) is 15.9 Å². The highest BCUT2D eigenvalue weighted by atomic mass is 79.9. The summed E-state index contributed by atoms with van der Waals surface area (Å²) >= 11 is 4.98. The number of rotatable bonds is 4. The summed E-state index contributed by atoms with van der Waals surface area (Å²) in [5.41, 5.74) is 6.29. The van der Waals surface area contributed by atoms with E-state index in [1.807, 2.05) is 48.7 Å². The normalized spacial score (nSPS) is 10.2. The first kappa shape index (κ1) is 14.0. The summed E-state index contributed by atoms with van der Waals surface area (Å²) in [4.78, 5) is 0.928. The Hall–Kier alpha value is -1.46. The molecule has 3 nitrogen and oxygen atoms in total. The molecule has 0 aliphatic rings. The summed E-state index contributed by atoms with van der Waals surface area (Å²) in [5.74, 6) is 1.29. The highest BCUT2D eigenvalue weighted by molar-refractivity contribution is 9.10. The Balaban J connectivity index is 2.46. The molecule has 0 radical (unpaired) electrons. The van der Waals surface area contributed by atoms with Crippen LogP contribution in [0.4, 0.5) is 0 Å². The Bertz CT molecular complexity index is 616. The number of benzene rings is 2. The summed E-state index contributed by atoms with van der Waals surface area (Å²) in [6.07, 6.45) is 1.95. The van der Waals surface area contributed by atoms with Crippen molar-refractivity contribution in [3.8, 4) is 11.5 Å². The average molecular weight is 337 g/mol. The standard InChI is InChI=1S/C14H13BrN2OS/c1-19-12-8-4-7-11(13(12)14(16)17)18-10-6-3-2-5-9(10)15/h2-8H,1H3,(H3,16,17). The molecule has 0 bridgehead atoms. The number of amidine groups is 1. The molecule has 0 aliphatic heterocycles. The fourth-order valence-corrected chi connectivity index (χ4v) is 2.67. The van der Waals surface area contributed by atoms with E-state index in [9.17, 15) is 0 Å². The first-order valence-corrected chi connectivity index (χ1v) is 7.59. The molecule has 0 spiro atoms. The number of hydrogen-bond acceptors (Lipinski definition) is 3. The van der Waals surface area contributed by atoms with Gasteiger partial charge in [0.2, 0.25) is 0 Å². The maximum absolute atomic E-state index is 7.71. The van der Waals surface area contributed by atoms with Gasteiger partial charge in [0.15, 0.2) is 0 Å². The molecule has 0 aliphatic carbocycles. The van der Waals surface area contributed by atoms with Crippen molar-refractivity contribution in [2.45, 2.75) is 4.90 Å². The zero-order valence-electron chi connectivity index (χ0n) is 10.3. The molecule has 98 valence electrons. The van der Waals surface area contributed by atoms with E-state index in [1.165, 1.54) is 0 Å². The fourth-order valence-electron chi connectivity index (χ4n) is 1.68. The molecule has 0 heterocycles. The zero-order valence-corrected chi connectivity index (χ0v) is 12.7. The minimum absolute atomic E-state index is 0.00648. The Morgan fingerprint density at radius 2 is 1.84 bits per heavy atom. The van der Waals surface area contributed by atoms with Gasteiger partial charge in [0, 0.05) is 4.90 Å².